The van der Waals surface area contributed by atoms with Crippen LogP contribution in [0.5, 0.6) is 0 Å². The zero-order valence-corrected chi connectivity index (χ0v) is 14.2. The molecule has 1 fully saturated rings. The number of nitrogens with one attached hydrogen (secondary N) is 1. The summed E-state index contributed by atoms with van der Waals surface area (Å²) in [6, 6.07) is 2.17. The first kappa shape index (κ1) is 15.7. The van der Waals surface area contributed by atoms with E-state index in [0.717, 1.165) is 35.8 Å². The number of aryl methyl sites for hydroxylation is 1. The quantitative estimate of drug-likeness (QED) is 0.731. The van der Waals surface area contributed by atoms with E-state index in [1.807, 2.05) is 17.7 Å². The summed E-state index contributed by atoms with van der Waals surface area (Å²) in [6.45, 7) is 1.52. The van der Waals surface area contributed by atoms with E-state index < -0.39 is 0 Å². The third-order valence-electron chi connectivity index (χ3n) is 4.57. The van der Waals surface area contributed by atoms with Crippen molar-refractivity contribution in [1.29, 1.82) is 0 Å². The lowest BCUT2D eigenvalue weighted by molar-refractivity contribution is 0.118. The van der Waals surface area contributed by atoms with Crippen molar-refractivity contribution < 1.29 is 4.74 Å². The van der Waals surface area contributed by atoms with Crippen molar-refractivity contribution in [2.24, 2.45) is 7.05 Å². The highest BCUT2D eigenvalue weighted by atomic mass is 16.5. The Hall–Kier alpha value is -2.81. The minimum Gasteiger partial charge on any atom is -0.380 e. The molecule has 0 saturated carbocycles. The third kappa shape index (κ3) is 2.98. The van der Waals surface area contributed by atoms with Crippen molar-refractivity contribution in [2.75, 3.05) is 30.4 Å². The van der Waals surface area contributed by atoms with Crippen LogP contribution in [0.25, 0.3) is 11.2 Å². The molecule has 2 atom stereocenters. The molecule has 4 rings (SSSR count). The molecule has 0 amide bonds. The molecule has 1 saturated heterocycles. The Morgan fingerprint density at radius 3 is 2.96 bits per heavy atom. The molecule has 9 heteroatoms. The van der Waals surface area contributed by atoms with E-state index in [1.165, 1.54) is 0 Å². The van der Waals surface area contributed by atoms with Crippen LogP contribution in [-0.4, -0.2) is 61.8 Å². The molecule has 9 nitrogen and oxygen atoms in total. The van der Waals surface area contributed by atoms with Gasteiger partial charge in [-0.25, -0.2) is 24.9 Å². The molecule has 3 aromatic rings. The molecule has 1 N–H and O–H groups in total. The predicted octanol–water partition coefficient (Wildman–Crippen LogP) is 0.859. The van der Waals surface area contributed by atoms with Crippen LogP contribution in [-0.2, 0) is 11.8 Å². The molecule has 0 unspecified atom stereocenters. The summed E-state index contributed by atoms with van der Waals surface area (Å²) >= 11 is 0. The summed E-state index contributed by atoms with van der Waals surface area (Å²) in [5.41, 5.74) is 1.59. The molecule has 25 heavy (non-hydrogen) atoms. The van der Waals surface area contributed by atoms with Gasteiger partial charge in [-0.1, -0.05) is 0 Å². The maximum absolute atomic E-state index is 5.56. The van der Waals surface area contributed by atoms with Crippen LogP contribution in [0, 0.1) is 0 Å². The highest BCUT2D eigenvalue weighted by Crippen LogP contribution is 2.26. The predicted molar refractivity (Wildman–Crippen MR) is 93.4 cm³/mol. The Labute approximate surface area is 145 Å². The van der Waals surface area contributed by atoms with Crippen molar-refractivity contribution in [2.45, 2.75) is 18.6 Å². The summed E-state index contributed by atoms with van der Waals surface area (Å²) in [5, 5.41) is 3.42. The maximum Gasteiger partial charge on any atom is 0.165 e. The van der Waals surface area contributed by atoms with Crippen molar-refractivity contribution in [3.8, 4) is 0 Å². The summed E-state index contributed by atoms with van der Waals surface area (Å²) in [6.07, 6.45) is 7.73. The second-order valence-electron chi connectivity index (χ2n) is 6.10. The number of hydrogen-bond donors (Lipinski definition) is 1. The van der Waals surface area contributed by atoms with Gasteiger partial charge >= 0.3 is 0 Å². The van der Waals surface area contributed by atoms with Crippen molar-refractivity contribution in [3.63, 3.8) is 0 Å². The summed E-state index contributed by atoms with van der Waals surface area (Å²) in [4.78, 5) is 23.6. The average Bonchev–Trinajstić information content (AvgIpc) is 3.25. The Bertz CT molecular complexity index is 852. The second-order valence-corrected chi connectivity index (χ2v) is 6.10. The smallest absolute Gasteiger partial charge is 0.165 e. The number of ether oxygens (including phenoxy) is 1. The zero-order valence-electron chi connectivity index (χ0n) is 14.2. The van der Waals surface area contributed by atoms with Gasteiger partial charge in [0.05, 0.1) is 18.5 Å². The largest absolute Gasteiger partial charge is 0.380 e. The number of fused-ring (bicyclic) bond motifs is 1. The first-order valence-corrected chi connectivity index (χ1v) is 8.17. The molecule has 130 valence electrons. The topological polar surface area (TPSA) is 93.9 Å². The minimum atomic E-state index is 0.182. The first-order chi connectivity index (χ1) is 12.3. The number of anilines is 2. The lowest BCUT2D eigenvalue weighted by Crippen LogP contribution is -2.35. The SMILES string of the molecule is CO[C@@H]1C[C@H](CNc2ncnc3c2ncn3C)N(c2ccncn2)C1. The molecule has 0 spiro atoms. The Morgan fingerprint density at radius 2 is 2.16 bits per heavy atom. The monoisotopic (exact) mass is 340 g/mol. The van der Waals surface area contributed by atoms with Crippen molar-refractivity contribution >= 4 is 22.8 Å². The molecule has 0 radical (unpaired) electrons. The number of nitrogens with zero attached hydrogens (tertiary/aromatic N) is 7. The fourth-order valence-electron chi connectivity index (χ4n) is 3.26. The molecule has 1 aliphatic heterocycles. The van der Waals surface area contributed by atoms with Crippen LogP contribution < -0.4 is 10.2 Å². The minimum absolute atomic E-state index is 0.182. The number of aromatic nitrogens is 6. The van der Waals surface area contributed by atoms with Gasteiger partial charge in [0, 0.05) is 33.4 Å². The molecule has 0 aliphatic carbocycles. The second kappa shape index (κ2) is 6.60. The third-order valence-corrected chi connectivity index (χ3v) is 4.57. The highest BCUT2D eigenvalue weighted by molar-refractivity contribution is 5.82. The molecule has 3 aromatic heterocycles. The van der Waals surface area contributed by atoms with Gasteiger partial charge in [-0.3, -0.25) is 0 Å². The number of imidazole rings is 1. The van der Waals surface area contributed by atoms with Gasteiger partial charge in [0.15, 0.2) is 11.5 Å². The van der Waals surface area contributed by atoms with Crippen LogP contribution in [0.4, 0.5) is 11.6 Å². The Balaban J connectivity index is 1.54. The molecule has 4 heterocycles. The summed E-state index contributed by atoms with van der Waals surface area (Å²) in [7, 11) is 3.67. The van der Waals surface area contributed by atoms with E-state index >= 15 is 0 Å². The van der Waals surface area contributed by atoms with Gasteiger partial charge in [0.2, 0.25) is 0 Å². The molecule has 0 aromatic carbocycles. The average molecular weight is 340 g/mol. The lowest BCUT2D eigenvalue weighted by atomic mass is 10.2. The number of hydrogen-bond acceptors (Lipinski definition) is 8. The van der Waals surface area contributed by atoms with E-state index in [1.54, 1.807) is 32.3 Å². The van der Waals surface area contributed by atoms with Crippen molar-refractivity contribution in [1.82, 2.24) is 29.5 Å². The van der Waals surface area contributed by atoms with E-state index in [2.05, 4.69) is 35.1 Å². The van der Waals surface area contributed by atoms with E-state index in [4.69, 9.17) is 4.74 Å². The van der Waals surface area contributed by atoms with Gasteiger partial charge in [0.1, 0.15) is 24.0 Å². The fourth-order valence-corrected chi connectivity index (χ4v) is 3.26. The van der Waals surface area contributed by atoms with E-state index in [9.17, 15) is 0 Å². The van der Waals surface area contributed by atoms with Crippen LogP contribution in [0.1, 0.15) is 6.42 Å². The van der Waals surface area contributed by atoms with Crippen molar-refractivity contribution in [3.05, 3.63) is 31.2 Å². The van der Waals surface area contributed by atoms with Gasteiger partial charge in [-0.05, 0) is 12.5 Å². The zero-order chi connectivity index (χ0) is 17.2. The molecular weight excluding hydrogens is 320 g/mol. The van der Waals surface area contributed by atoms with Crippen LogP contribution >= 0.6 is 0 Å². The fraction of sp³-hybridized carbons (Fsp3) is 0.438. The van der Waals surface area contributed by atoms with E-state index in [-0.39, 0.29) is 12.1 Å². The van der Waals surface area contributed by atoms with Crippen LogP contribution in [0.2, 0.25) is 0 Å². The van der Waals surface area contributed by atoms with Gasteiger partial charge in [-0.15, -0.1) is 0 Å². The Morgan fingerprint density at radius 1 is 1.24 bits per heavy atom. The number of methoxy groups -OCH3 is 1. The van der Waals surface area contributed by atoms with Gasteiger partial charge in [0.25, 0.3) is 0 Å². The van der Waals surface area contributed by atoms with Crippen LogP contribution in [0.3, 0.4) is 0 Å². The molecular formula is C16H20N8O. The summed E-state index contributed by atoms with van der Waals surface area (Å²) in [5.74, 6) is 1.65. The molecule has 1 aliphatic rings. The Kier molecular flexibility index (Phi) is 4.14. The van der Waals surface area contributed by atoms with Gasteiger partial charge in [-0.2, -0.15) is 0 Å². The first-order valence-electron chi connectivity index (χ1n) is 8.17. The maximum atomic E-state index is 5.56. The highest BCUT2D eigenvalue weighted by Gasteiger charge is 2.33. The van der Waals surface area contributed by atoms with E-state index in [0.29, 0.717) is 6.54 Å². The lowest BCUT2D eigenvalue weighted by Gasteiger charge is -2.25. The number of rotatable bonds is 5. The van der Waals surface area contributed by atoms with Gasteiger partial charge < -0.3 is 19.5 Å². The molecule has 0 bridgehead atoms. The van der Waals surface area contributed by atoms with Crippen LogP contribution in [0.15, 0.2) is 31.2 Å². The summed E-state index contributed by atoms with van der Waals surface area (Å²) < 4.78 is 7.45. The normalized spacial score (nSPS) is 20.3. The standard InChI is InChI=1S/C16H20N8O/c1-23-10-22-14-15(20-9-21-16(14)23)18-6-11-5-12(25-2)7-24(11)13-3-4-17-8-19-13/h3-4,8-12H,5-7H2,1-2H3,(H,18,20,21)/t11-,12-/m1/s1.